The van der Waals surface area contributed by atoms with Gasteiger partial charge in [-0.1, -0.05) is 61.6 Å². The summed E-state index contributed by atoms with van der Waals surface area (Å²) in [6, 6.07) is 4.90. The number of hydrogen-bond donors (Lipinski definition) is 0. The van der Waals surface area contributed by atoms with Gasteiger partial charge in [-0.25, -0.2) is 4.39 Å². The Balaban J connectivity index is 2.98. The Labute approximate surface area is 134 Å². The first-order valence-electron chi connectivity index (χ1n) is 5.98. The van der Waals surface area contributed by atoms with Crippen LogP contribution in [0, 0.1) is 17.2 Å². The molecule has 0 atom stereocenters. The molecule has 1 rings (SSSR count). The van der Waals surface area contributed by atoms with Gasteiger partial charge in [0.05, 0.1) is 0 Å². The lowest BCUT2D eigenvalue weighted by atomic mass is 9.79. The average Bonchev–Trinajstić information content (AvgIpc) is 2.32. The van der Waals surface area contributed by atoms with E-state index in [1.165, 1.54) is 6.07 Å². The van der Waals surface area contributed by atoms with Crippen LogP contribution in [0.15, 0.2) is 22.7 Å². The Morgan fingerprint density at radius 3 is 2.33 bits per heavy atom. The van der Waals surface area contributed by atoms with Crippen LogP contribution >= 0.6 is 47.8 Å². The molecule has 1 aromatic rings. The third kappa shape index (κ3) is 4.61. The molecule has 0 N–H and O–H groups in total. The summed E-state index contributed by atoms with van der Waals surface area (Å²) in [5.41, 5.74) is 1.17. The molecule has 0 heterocycles. The molecule has 4 heteroatoms. The van der Waals surface area contributed by atoms with Crippen LogP contribution in [0.1, 0.15) is 25.8 Å². The van der Waals surface area contributed by atoms with Gasteiger partial charge in [-0.05, 0) is 47.9 Å². The lowest BCUT2D eigenvalue weighted by molar-refractivity contribution is 0.303. The van der Waals surface area contributed by atoms with Crippen LogP contribution in [0.5, 0.6) is 0 Å². The molecular weight excluding hydrogens is 427 g/mol. The van der Waals surface area contributed by atoms with Crippen molar-refractivity contribution in [2.45, 2.75) is 26.7 Å². The normalized spacial score (nSPS) is 12.2. The second kappa shape index (κ2) is 7.39. The van der Waals surface area contributed by atoms with Crippen molar-refractivity contribution in [1.82, 2.24) is 0 Å². The van der Waals surface area contributed by atoms with Crippen LogP contribution in [0.3, 0.4) is 0 Å². The van der Waals surface area contributed by atoms with Gasteiger partial charge in [0.15, 0.2) is 0 Å². The lowest BCUT2D eigenvalue weighted by Gasteiger charge is -2.32. The molecule has 0 aliphatic rings. The van der Waals surface area contributed by atoms with E-state index in [4.69, 9.17) is 0 Å². The summed E-state index contributed by atoms with van der Waals surface area (Å²) in [4.78, 5) is 0. The van der Waals surface area contributed by atoms with E-state index in [1.807, 2.05) is 0 Å². The smallest absolute Gasteiger partial charge is 0.123 e. The minimum atomic E-state index is -0.171. The van der Waals surface area contributed by atoms with E-state index in [-0.39, 0.29) is 11.2 Å². The fourth-order valence-electron chi connectivity index (χ4n) is 2.26. The molecule has 0 saturated carbocycles. The van der Waals surface area contributed by atoms with Crippen molar-refractivity contribution in [3.8, 4) is 0 Å². The molecule has 0 fully saturated rings. The van der Waals surface area contributed by atoms with E-state index in [1.54, 1.807) is 12.1 Å². The predicted molar refractivity (Wildman–Crippen MR) is 87.3 cm³/mol. The van der Waals surface area contributed by atoms with Gasteiger partial charge < -0.3 is 0 Å². The molecule has 0 aliphatic carbocycles. The summed E-state index contributed by atoms with van der Waals surface area (Å²) in [5.74, 6) is 0.447. The highest BCUT2D eigenvalue weighted by atomic mass is 79.9. The SMILES string of the molecule is CC(C)CC(CBr)(CBr)Cc1cc(F)ccc1Br. The van der Waals surface area contributed by atoms with Crippen LogP contribution in [0.4, 0.5) is 4.39 Å². The van der Waals surface area contributed by atoms with Crippen LogP contribution in [0.2, 0.25) is 0 Å². The van der Waals surface area contributed by atoms with Crippen LogP contribution < -0.4 is 0 Å². The highest BCUT2D eigenvalue weighted by Crippen LogP contribution is 2.36. The fourth-order valence-corrected chi connectivity index (χ4v) is 4.43. The Kier molecular flexibility index (Phi) is 6.84. The molecule has 0 saturated heterocycles. The van der Waals surface area contributed by atoms with Crippen molar-refractivity contribution in [2.75, 3.05) is 10.7 Å². The zero-order valence-electron chi connectivity index (χ0n) is 10.6. The minimum absolute atomic E-state index is 0.129. The summed E-state index contributed by atoms with van der Waals surface area (Å²) < 4.78 is 14.3. The predicted octanol–water partition coefficient (Wildman–Crippen LogP) is 5.95. The van der Waals surface area contributed by atoms with Gasteiger partial charge in [-0.2, -0.15) is 0 Å². The second-order valence-corrected chi connectivity index (χ2v) is 7.25. The molecule has 0 nitrogen and oxygen atoms in total. The first-order chi connectivity index (χ1) is 8.42. The molecular formula is C14H18Br3F. The maximum Gasteiger partial charge on any atom is 0.123 e. The van der Waals surface area contributed by atoms with Gasteiger partial charge in [0.1, 0.15) is 5.82 Å². The Hall–Kier alpha value is 0.590. The molecule has 1 aromatic carbocycles. The minimum Gasteiger partial charge on any atom is -0.207 e. The fraction of sp³-hybridized carbons (Fsp3) is 0.571. The summed E-state index contributed by atoms with van der Waals surface area (Å²) >= 11 is 10.8. The molecule has 0 unspecified atom stereocenters. The van der Waals surface area contributed by atoms with Gasteiger partial charge in [0.2, 0.25) is 0 Å². The van der Waals surface area contributed by atoms with Crippen LogP contribution in [-0.4, -0.2) is 10.7 Å². The largest absolute Gasteiger partial charge is 0.207 e. The van der Waals surface area contributed by atoms with E-state index in [0.717, 1.165) is 33.5 Å². The first-order valence-corrected chi connectivity index (χ1v) is 9.02. The molecule has 0 spiro atoms. The number of hydrogen-bond acceptors (Lipinski definition) is 0. The van der Waals surface area contributed by atoms with Crippen LogP contribution in [0.25, 0.3) is 0 Å². The highest BCUT2D eigenvalue weighted by molar-refractivity contribution is 9.10. The van der Waals surface area contributed by atoms with Crippen molar-refractivity contribution in [3.63, 3.8) is 0 Å². The zero-order chi connectivity index (χ0) is 13.8. The topological polar surface area (TPSA) is 0 Å². The molecule has 18 heavy (non-hydrogen) atoms. The zero-order valence-corrected chi connectivity index (χ0v) is 15.4. The van der Waals surface area contributed by atoms with Gasteiger partial charge in [-0.3, -0.25) is 0 Å². The lowest BCUT2D eigenvalue weighted by Crippen LogP contribution is -2.29. The Morgan fingerprint density at radius 1 is 1.22 bits per heavy atom. The van der Waals surface area contributed by atoms with Gasteiger partial charge >= 0.3 is 0 Å². The molecule has 102 valence electrons. The van der Waals surface area contributed by atoms with Crippen molar-refractivity contribution in [1.29, 1.82) is 0 Å². The van der Waals surface area contributed by atoms with Crippen molar-refractivity contribution < 1.29 is 4.39 Å². The van der Waals surface area contributed by atoms with E-state index in [0.29, 0.717) is 5.92 Å². The average molecular weight is 445 g/mol. The van der Waals surface area contributed by atoms with Crippen molar-refractivity contribution >= 4 is 47.8 Å². The number of rotatable bonds is 6. The molecule has 0 aromatic heterocycles. The van der Waals surface area contributed by atoms with Gasteiger partial charge in [0.25, 0.3) is 0 Å². The summed E-state index contributed by atoms with van der Waals surface area (Å²) in [6.07, 6.45) is 1.96. The summed E-state index contributed by atoms with van der Waals surface area (Å²) in [5, 5.41) is 1.82. The third-order valence-electron chi connectivity index (χ3n) is 2.98. The standard InChI is InChI=1S/C14H18Br3F/c1-10(2)6-14(8-15,9-16)7-11-5-12(18)3-4-13(11)17/h3-5,10H,6-9H2,1-2H3. The van der Waals surface area contributed by atoms with Crippen molar-refractivity contribution in [3.05, 3.63) is 34.1 Å². The van der Waals surface area contributed by atoms with Crippen LogP contribution in [-0.2, 0) is 6.42 Å². The number of halogens is 4. The quantitative estimate of drug-likeness (QED) is 0.475. The maximum atomic E-state index is 13.3. The molecule has 0 radical (unpaired) electrons. The van der Waals surface area contributed by atoms with E-state index in [2.05, 4.69) is 61.6 Å². The van der Waals surface area contributed by atoms with Gasteiger partial charge in [-0.15, -0.1) is 0 Å². The molecule has 0 aliphatic heterocycles. The Morgan fingerprint density at radius 2 is 1.83 bits per heavy atom. The highest BCUT2D eigenvalue weighted by Gasteiger charge is 2.30. The third-order valence-corrected chi connectivity index (χ3v) is 6.13. The summed E-state index contributed by atoms with van der Waals surface area (Å²) in [7, 11) is 0. The summed E-state index contributed by atoms with van der Waals surface area (Å²) in [6.45, 7) is 4.45. The van der Waals surface area contributed by atoms with E-state index < -0.39 is 0 Å². The first kappa shape index (κ1) is 16.6. The molecule has 0 bridgehead atoms. The Bertz CT molecular complexity index is 387. The van der Waals surface area contributed by atoms with E-state index >= 15 is 0 Å². The molecule has 0 amide bonds. The second-order valence-electron chi connectivity index (χ2n) is 5.28. The van der Waals surface area contributed by atoms with Crippen molar-refractivity contribution in [2.24, 2.45) is 11.3 Å². The monoisotopic (exact) mass is 442 g/mol. The van der Waals surface area contributed by atoms with Gasteiger partial charge in [0, 0.05) is 15.1 Å². The maximum absolute atomic E-state index is 13.3. The van der Waals surface area contributed by atoms with E-state index in [9.17, 15) is 4.39 Å². The number of benzene rings is 1. The number of alkyl halides is 2.